The minimum Gasteiger partial charge on any atom is -0.381 e. The Kier molecular flexibility index (Phi) is 5.62. The summed E-state index contributed by atoms with van der Waals surface area (Å²) >= 11 is 0. The van der Waals surface area contributed by atoms with E-state index >= 15 is 0 Å². The van der Waals surface area contributed by atoms with E-state index in [1.54, 1.807) is 4.31 Å². The zero-order chi connectivity index (χ0) is 13.7. The summed E-state index contributed by atoms with van der Waals surface area (Å²) in [6, 6.07) is 0.334. The van der Waals surface area contributed by atoms with E-state index in [4.69, 9.17) is 4.74 Å². The van der Waals surface area contributed by atoms with Gasteiger partial charge in [0.1, 0.15) is 0 Å². The molecular formula is C13H26N2O3S. The van der Waals surface area contributed by atoms with Crippen LogP contribution in [0.25, 0.3) is 0 Å². The molecule has 112 valence electrons. The molecule has 1 unspecified atom stereocenters. The van der Waals surface area contributed by atoms with Crippen LogP contribution in [-0.4, -0.2) is 56.9 Å². The van der Waals surface area contributed by atoms with Crippen LogP contribution in [0.5, 0.6) is 0 Å². The molecule has 5 nitrogen and oxygen atoms in total. The predicted molar refractivity (Wildman–Crippen MR) is 75.6 cm³/mol. The van der Waals surface area contributed by atoms with Gasteiger partial charge in [0.15, 0.2) is 0 Å². The van der Waals surface area contributed by atoms with Crippen LogP contribution in [0.1, 0.15) is 39.0 Å². The smallest absolute Gasteiger partial charge is 0.217 e. The van der Waals surface area contributed by atoms with Crippen LogP contribution in [0.15, 0.2) is 0 Å². The third-order valence-electron chi connectivity index (χ3n) is 4.01. The third-order valence-corrected chi connectivity index (χ3v) is 6.37. The van der Waals surface area contributed by atoms with Crippen molar-refractivity contribution in [2.75, 3.05) is 32.8 Å². The van der Waals surface area contributed by atoms with E-state index in [2.05, 4.69) is 5.32 Å². The molecule has 2 saturated heterocycles. The van der Waals surface area contributed by atoms with Crippen molar-refractivity contribution in [1.29, 1.82) is 0 Å². The molecule has 0 aliphatic carbocycles. The highest BCUT2D eigenvalue weighted by Gasteiger charge is 2.34. The summed E-state index contributed by atoms with van der Waals surface area (Å²) in [5.74, 6) is 0. The van der Waals surface area contributed by atoms with Gasteiger partial charge in [0.2, 0.25) is 10.0 Å². The predicted octanol–water partition coefficient (Wildman–Crippen LogP) is 0.959. The number of nitrogens with zero attached hydrogens (tertiary/aromatic N) is 1. The first-order valence-corrected chi connectivity index (χ1v) is 8.95. The Labute approximate surface area is 116 Å². The maximum Gasteiger partial charge on any atom is 0.217 e. The molecule has 0 aromatic rings. The molecule has 0 saturated carbocycles. The van der Waals surface area contributed by atoms with Crippen molar-refractivity contribution in [2.45, 2.75) is 50.3 Å². The molecule has 0 aromatic carbocycles. The van der Waals surface area contributed by atoms with Crippen LogP contribution in [0.2, 0.25) is 0 Å². The molecule has 1 atom stereocenters. The lowest BCUT2D eigenvalue weighted by Crippen LogP contribution is -2.46. The Morgan fingerprint density at radius 2 is 2.00 bits per heavy atom. The van der Waals surface area contributed by atoms with Crippen molar-refractivity contribution in [3.63, 3.8) is 0 Å². The van der Waals surface area contributed by atoms with Crippen molar-refractivity contribution >= 4 is 10.0 Å². The average Bonchev–Trinajstić information content (AvgIpc) is 2.92. The standard InChI is InChI=1S/C13H26N2O3S/c1-2-8-15(11-12-4-3-7-14-12)19(16,17)13-5-9-18-10-6-13/h12-14H,2-11H2,1H3. The first-order valence-electron chi connectivity index (χ1n) is 7.44. The van der Waals surface area contributed by atoms with Gasteiger partial charge in [0.05, 0.1) is 5.25 Å². The highest BCUT2D eigenvalue weighted by molar-refractivity contribution is 7.89. The van der Waals surface area contributed by atoms with E-state index < -0.39 is 10.0 Å². The Bertz CT molecular complexity index is 360. The second-order valence-electron chi connectivity index (χ2n) is 5.51. The summed E-state index contributed by atoms with van der Waals surface area (Å²) in [7, 11) is -3.16. The number of sulfonamides is 1. The minimum atomic E-state index is -3.16. The molecule has 0 amide bonds. The van der Waals surface area contributed by atoms with Crippen LogP contribution < -0.4 is 5.32 Å². The first-order chi connectivity index (χ1) is 9.14. The number of rotatable bonds is 6. The maximum absolute atomic E-state index is 12.7. The van der Waals surface area contributed by atoms with E-state index in [1.807, 2.05) is 6.92 Å². The molecule has 0 spiro atoms. The normalized spacial score (nSPS) is 26.1. The quantitative estimate of drug-likeness (QED) is 0.791. The van der Waals surface area contributed by atoms with Crippen molar-refractivity contribution in [1.82, 2.24) is 9.62 Å². The highest BCUT2D eigenvalue weighted by atomic mass is 32.2. The monoisotopic (exact) mass is 290 g/mol. The van der Waals surface area contributed by atoms with E-state index in [0.717, 1.165) is 25.8 Å². The van der Waals surface area contributed by atoms with Crippen LogP contribution in [0.4, 0.5) is 0 Å². The molecule has 2 rings (SSSR count). The minimum absolute atomic E-state index is 0.241. The van der Waals surface area contributed by atoms with Crippen molar-refractivity contribution < 1.29 is 13.2 Å². The third kappa shape index (κ3) is 3.90. The lowest BCUT2D eigenvalue weighted by atomic mass is 10.2. The van der Waals surface area contributed by atoms with Gasteiger partial charge in [-0.15, -0.1) is 0 Å². The van der Waals surface area contributed by atoms with E-state index in [-0.39, 0.29) is 5.25 Å². The fourth-order valence-electron chi connectivity index (χ4n) is 2.91. The van der Waals surface area contributed by atoms with Gasteiger partial charge >= 0.3 is 0 Å². The Hall–Kier alpha value is -0.170. The molecule has 2 heterocycles. The second-order valence-corrected chi connectivity index (χ2v) is 7.72. The van der Waals surface area contributed by atoms with Crippen LogP contribution in [0.3, 0.4) is 0 Å². The lowest BCUT2D eigenvalue weighted by molar-refractivity contribution is 0.0971. The van der Waals surface area contributed by atoms with Crippen molar-refractivity contribution in [2.24, 2.45) is 0 Å². The number of hydrogen-bond donors (Lipinski definition) is 1. The van der Waals surface area contributed by atoms with E-state index in [9.17, 15) is 8.42 Å². The van der Waals surface area contributed by atoms with Gasteiger partial charge in [0.25, 0.3) is 0 Å². The fraction of sp³-hybridized carbons (Fsp3) is 1.00. The summed E-state index contributed by atoms with van der Waals surface area (Å²) in [4.78, 5) is 0. The summed E-state index contributed by atoms with van der Waals surface area (Å²) in [5, 5.41) is 3.15. The summed E-state index contributed by atoms with van der Waals surface area (Å²) < 4.78 is 32.4. The summed E-state index contributed by atoms with van der Waals surface area (Å²) in [6.07, 6.45) is 4.39. The van der Waals surface area contributed by atoms with Gasteiger partial charge in [-0.25, -0.2) is 12.7 Å². The maximum atomic E-state index is 12.7. The number of hydrogen-bond acceptors (Lipinski definition) is 4. The summed E-state index contributed by atoms with van der Waals surface area (Å²) in [5.41, 5.74) is 0. The van der Waals surface area contributed by atoms with Crippen molar-refractivity contribution in [3.8, 4) is 0 Å². The molecule has 2 fully saturated rings. The zero-order valence-electron chi connectivity index (χ0n) is 11.8. The molecule has 2 aliphatic rings. The van der Waals surface area contributed by atoms with Gasteiger partial charge in [-0.1, -0.05) is 6.92 Å². The van der Waals surface area contributed by atoms with Gasteiger partial charge in [0, 0.05) is 32.3 Å². The van der Waals surface area contributed by atoms with E-state index in [1.165, 1.54) is 0 Å². The fourth-order valence-corrected chi connectivity index (χ4v) is 4.95. The Morgan fingerprint density at radius 1 is 1.26 bits per heavy atom. The Morgan fingerprint density at radius 3 is 2.58 bits per heavy atom. The van der Waals surface area contributed by atoms with Crippen LogP contribution >= 0.6 is 0 Å². The largest absolute Gasteiger partial charge is 0.381 e. The molecule has 0 aromatic heterocycles. The number of nitrogens with one attached hydrogen (secondary N) is 1. The van der Waals surface area contributed by atoms with Gasteiger partial charge in [-0.3, -0.25) is 0 Å². The molecule has 0 radical (unpaired) electrons. The van der Waals surface area contributed by atoms with Gasteiger partial charge < -0.3 is 10.1 Å². The average molecular weight is 290 g/mol. The topological polar surface area (TPSA) is 58.6 Å². The SMILES string of the molecule is CCCN(CC1CCCN1)S(=O)(=O)C1CCOCC1. The summed E-state index contributed by atoms with van der Waals surface area (Å²) in [6.45, 7) is 5.47. The molecular weight excluding hydrogens is 264 g/mol. The Balaban J connectivity index is 2.02. The molecule has 6 heteroatoms. The molecule has 19 heavy (non-hydrogen) atoms. The zero-order valence-corrected chi connectivity index (χ0v) is 12.6. The molecule has 0 bridgehead atoms. The van der Waals surface area contributed by atoms with Crippen LogP contribution in [0, 0.1) is 0 Å². The first kappa shape index (κ1) is 15.2. The van der Waals surface area contributed by atoms with Crippen LogP contribution in [-0.2, 0) is 14.8 Å². The molecule has 2 aliphatic heterocycles. The van der Waals surface area contributed by atoms with Crippen molar-refractivity contribution in [3.05, 3.63) is 0 Å². The van der Waals surface area contributed by atoms with Gasteiger partial charge in [-0.2, -0.15) is 0 Å². The lowest BCUT2D eigenvalue weighted by Gasteiger charge is -2.31. The second kappa shape index (κ2) is 7.02. The molecule has 1 N–H and O–H groups in total. The van der Waals surface area contributed by atoms with E-state index in [0.29, 0.717) is 45.2 Å². The highest BCUT2D eigenvalue weighted by Crippen LogP contribution is 2.21. The van der Waals surface area contributed by atoms with Gasteiger partial charge in [-0.05, 0) is 38.6 Å². The number of ether oxygens (including phenoxy) is 1.